The second-order valence-corrected chi connectivity index (χ2v) is 3.66. The Morgan fingerprint density at radius 1 is 1.60 bits per heavy atom. The molecule has 2 heterocycles. The van der Waals surface area contributed by atoms with E-state index < -0.39 is 0 Å². The highest BCUT2D eigenvalue weighted by molar-refractivity contribution is 5.43. The number of hydrogen-bond acceptors (Lipinski definition) is 3. The van der Waals surface area contributed by atoms with Gasteiger partial charge in [-0.25, -0.2) is 9.37 Å². The maximum Gasteiger partial charge on any atom is 0.128 e. The Balaban J connectivity index is 2.19. The van der Waals surface area contributed by atoms with Crippen LogP contribution in [-0.4, -0.2) is 24.2 Å². The van der Waals surface area contributed by atoms with E-state index in [4.69, 9.17) is 5.26 Å². The summed E-state index contributed by atoms with van der Waals surface area (Å²) in [7, 11) is 0. The highest BCUT2D eigenvalue weighted by Crippen LogP contribution is 2.23. The van der Waals surface area contributed by atoms with Gasteiger partial charge in [-0.2, -0.15) is 5.26 Å². The average Bonchev–Trinajstić information content (AvgIpc) is 2.77. The van der Waals surface area contributed by atoms with Gasteiger partial charge < -0.3 is 4.90 Å². The number of aromatic nitrogens is 1. The van der Waals surface area contributed by atoms with Crippen LogP contribution in [0.25, 0.3) is 0 Å². The molecule has 1 atom stereocenters. The van der Waals surface area contributed by atoms with Gasteiger partial charge in [-0.15, -0.1) is 0 Å². The van der Waals surface area contributed by atoms with Gasteiger partial charge >= 0.3 is 0 Å². The van der Waals surface area contributed by atoms with Crippen LogP contribution < -0.4 is 4.90 Å². The van der Waals surface area contributed by atoms with Gasteiger partial charge in [-0.1, -0.05) is 0 Å². The zero-order valence-electron chi connectivity index (χ0n) is 8.36. The summed E-state index contributed by atoms with van der Waals surface area (Å²) >= 11 is 0. The Labute approximate surface area is 88.2 Å². The van der Waals surface area contributed by atoms with Gasteiger partial charge in [0, 0.05) is 12.7 Å². The summed E-state index contributed by atoms with van der Waals surface area (Å²) < 4.78 is 12.7. The number of pyridine rings is 1. The molecule has 0 saturated carbocycles. The lowest BCUT2D eigenvalue weighted by Crippen LogP contribution is -2.31. The van der Waals surface area contributed by atoms with Crippen molar-refractivity contribution in [3.63, 3.8) is 0 Å². The zero-order chi connectivity index (χ0) is 10.7. The third kappa shape index (κ3) is 1.91. The maximum atomic E-state index is 12.7. The molecule has 0 aliphatic carbocycles. The van der Waals surface area contributed by atoms with Crippen molar-refractivity contribution in [1.29, 1.82) is 5.26 Å². The smallest absolute Gasteiger partial charge is 0.128 e. The van der Waals surface area contributed by atoms with Crippen LogP contribution in [0.3, 0.4) is 0 Å². The second kappa shape index (κ2) is 4.26. The molecule has 0 unspecified atom stereocenters. The molecule has 1 aliphatic rings. The Bertz CT molecular complexity index is 368. The summed E-state index contributed by atoms with van der Waals surface area (Å²) in [5.74, 6) is 0.772. The van der Waals surface area contributed by atoms with Crippen molar-refractivity contribution < 1.29 is 4.39 Å². The van der Waals surface area contributed by atoms with Crippen molar-refractivity contribution >= 4 is 5.82 Å². The molecule has 1 saturated heterocycles. The van der Waals surface area contributed by atoms with Crippen LogP contribution in [0.5, 0.6) is 0 Å². The monoisotopic (exact) mass is 205 g/mol. The van der Waals surface area contributed by atoms with Gasteiger partial charge in [0.15, 0.2) is 0 Å². The Morgan fingerprint density at radius 2 is 2.47 bits per heavy atom. The fourth-order valence-electron chi connectivity index (χ4n) is 1.92. The van der Waals surface area contributed by atoms with Crippen molar-refractivity contribution in [2.24, 2.45) is 0 Å². The van der Waals surface area contributed by atoms with Gasteiger partial charge in [0.05, 0.1) is 11.6 Å². The molecule has 0 bridgehead atoms. The summed E-state index contributed by atoms with van der Waals surface area (Å²) in [4.78, 5) is 6.14. The van der Waals surface area contributed by atoms with Crippen LogP contribution in [0.1, 0.15) is 18.4 Å². The molecule has 78 valence electrons. The number of nitrogens with zero attached hydrogens (tertiary/aromatic N) is 3. The fourth-order valence-corrected chi connectivity index (χ4v) is 1.92. The molecule has 0 amide bonds. The van der Waals surface area contributed by atoms with Crippen molar-refractivity contribution in [2.75, 3.05) is 18.1 Å². The van der Waals surface area contributed by atoms with E-state index in [0.717, 1.165) is 25.2 Å². The molecule has 4 heteroatoms. The first-order valence-corrected chi connectivity index (χ1v) is 5.04. The summed E-state index contributed by atoms with van der Waals surface area (Å²) in [5.41, 5.74) is 0.537. The lowest BCUT2D eigenvalue weighted by Gasteiger charge is -2.23. The van der Waals surface area contributed by atoms with Gasteiger partial charge in [-0.05, 0) is 25.0 Å². The normalized spacial score (nSPS) is 20.3. The van der Waals surface area contributed by atoms with E-state index in [-0.39, 0.29) is 12.7 Å². The number of anilines is 1. The molecule has 15 heavy (non-hydrogen) atoms. The predicted octanol–water partition coefficient (Wildman–Crippen LogP) is 1.89. The van der Waals surface area contributed by atoms with Gasteiger partial charge in [0.25, 0.3) is 0 Å². The quantitative estimate of drug-likeness (QED) is 0.740. The van der Waals surface area contributed by atoms with Crippen molar-refractivity contribution in [3.8, 4) is 6.07 Å². The standard InChI is InChI=1S/C11H12FN3/c12-6-10-2-1-5-15(10)11-4-3-9(7-13)8-14-11/h3-4,8,10H,1-2,5-6H2/t10-/m1/s1. The van der Waals surface area contributed by atoms with Crippen LogP contribution in [0.2, 0.25) is 0 Å². The second-order valence-electron chi connectivity index (χ2n) is 3.66. The van der Waals surface area contributed by atoms with Crippen LogP contribution in [0, 0.1) is 11.3 Å². The highest BCUT2D eigenvalue weighted by Gasteiger charge is 2.25. The lowest BCUT2D eigenvalue weighted by molar-refractivity contribution is 0.427. The van der Waals surface area contributed by atoms with Crippen molar-refractivity contribution in [1.82, 2.24) is 4.98 Å². The third-order valence-electron chi connectivity index (χ3n) is 2.73. The number of halogens is 1. The van der Waals surface area contributed by atoms with Crippen LogP contribution in [-0.2, 0) is 0 Å². The largest absolute Gasteiger partial charge is 0.351 e. The molecule has 0 radical (unpaired) electrons. The topological polar surface area (TPSA) is 39.9 Å². The third-order valence-corrected chi connectivity index (χ3v) is 2.73. The number of alkyl halides is 1. The number of rotatable bonds is 2. The van der Waals surface area contributed by atoms with Crippen molar-refractivity contribution in [3.05, 3.63) is 23.9 Å². The summed E-state index contributed by atoms with van der Waals surface area (Å²) in [6.07, 6.45) is 3.43. The van der Waals surface area contributed by atoms with E-state index in [1.54, 1.807) is 12.1 Å². The van der Waals surface area contributed by atoms with E-state index in [1.807, 2.05) is 11.0 Å². The molecule has 0 N–H and O–H groups in total. The van der Waals surface area contributed by atoms with Crippen molar-refractivity contribution in [2.45, 2.75) is 18.9 Å². The number of nitriles is 1. The molecular formula is C11H12FN3. The molecule has 1 aromatic heterocycles. The first kappa shape index (κ1) is 9.91. The maximum absolute atomic E-state index is 12.7. The Hall–Kier alpha value is -1.63. The highest BCUT2D eigenvalue weighted by atomic mass is 19.1. The van der Waals surface area contributed by atoms with Crippen LogP contribution in [0.4, 0.5) is 10.2 Å². The summed E-state index contributed by atoms with van der Waals surface area (Å²) in [6.45, 7) is 0.523. The molecule has 1 aliphatic heterocycles. The SMILES string of the molecule is N#Cc1ccc(N2CCC[C@@H]2CF)nc1. The van der Waals surface area contributed by atoms with Crippen LogP contribution in [0.15, 0.2) is 18.3 Å². The van der Waals surface area contributed by atoms with E-state index in [1.165, 1.54) is 6.20 Å². The molecule has 1 fully saturated rings. The minimum atomic E-state index is -0.332. The summed E-state index contributed by atoms with van der Waals surface area (Å²) in [5, 5.41) is 8.63. The van der Waals surface area contributed by atoms with E-state index in [0.29, 0.717) is 5.56 Å². The fraction of sp³-hybridized carbons (Fsp3) is 0.455. The first-order chi connectivity index (χ1) is 7.35. The summed E-state index contributed by atoms with van der Waals surface area (Å²) in [6, 6.07) is 5.48. The molecule has 1 aromatic rings. The van der Waals surface area contributed by atoms with Gasteiger partial charge in [0.2, 0.25) is 0 Å². The number of hydrogen-bond donors (Lipinski definition) is 0. The zero-order valence-corrected chi connectivity index (χ0v) is 8.36. The molecule has 0 aromatic carbocycles. The van der Waals surface area contributed by atoms with E-state index >= 15 is 0 Å². The predicted molar refractivity (Wildman–Crippen MR) is 55.3 cm³/mol. The molecule has 0 spiro atoms. The molecular weight excluding hydrogens is 193 g/mol. The average molecular weight is 205 g/mol. The van der Waals surface area contributed by atoms with Crippen LogP contribution >= 0.6 is 0 Å². The molecule has 2 rings (SSSR count). The Kier molecular flexibility index (Phi) is 2.82. The van der Waals surface area contributed by atoms with E-state index in [2.05, 4.69) is 4.98 Å². The minimum absolute atomic E-state index is 0.0366. The first-order valence-electron chi connectivity index (χ1n) is 5.04. The van der Waals surface area contributed by atoms with Gasteiger partial charge in [-0.3, -0.25) is 0 Å². The minimum Gasteiger partial charge on any atom is -0.351 e. The van der Waals surface area contributed by atoms with Gasteiger partial charge in [0.1, 0.15) is 18.6 Å². The molecule has 3 nitrogen and oxygen atoms in total. The van der Waals surface area contributed by atoms with E-state index in [9.17, 15) is 4.39 Å². The lowest BCUT2D eigenvalue weighted by atomic mass is 10.2. The Morgan fingerprint density at radius 3 is 3.07 bits per heavy atom.